The molecule has 4 rings (SSSR count). The molecule has 2 aromatic carbocycles. The van der Waals surface area contributed by atoms with Crippen molar-refractivity contribution in [3.63, 3.8) is 0 Å². The number of nitrogens with zero attached hydrogens (tertiary/aromatic N) is 3. The highest BCUT2D eigenvalue weighted by atomic mass is 16.2. The van der Waals surface area contributed by atoms with E-state index < -0.39 is 0 Å². The third-order valence-corrected chi connectivity index (χ3v) is 6.59. The zero-order valence-electron chi connectivity index (χ0n) is 18.5. The zero-order valence-corrected chi connectivity index (χ0v) is 18.5. The molecule has 0 spiro atoms. The van der Waals surface area contributed by atoms with Crippen LogP contribution in [0.1, 0.15) is 24.0 Å². The fourth-order valence-corrected chi connectivity index (χ4v) is 4.59. The van der Waals surface area contributed by atoms with Gasteiger partial charge in [-0.2, -0.15) is 0 Å². The predicted molar refractivity (Wildman–Crippen MR) is 124 cm³/mol. The van der Waals surface area contributed by atoms with Crippen LogP contribution in [0, 0.1) is 19.8 Å². The molecule has 164 valence electrons. The van der Waals surface area contributed by atoms with Crippen molar-refractivity contribution in [3.05, 3.63) is 59.7 Å². The van der Waals surface area contributed by atoms with E-state index in [1.54, 1.807) is 4.90 Å². The van der Waals surface area contributed by atoms with Crippen LogP contribution in [-0.2, 0) is 4.79 Å². The fraction of sp³-hybridized carbons (Fsp3) is 0.440. The van der Waals surface area contributed by atoms with Gasteiger partial charge in [-0.1, -0.05) is 30.3 Å². The Bertz CT molecular complexity index is 922. The summed E-state index contributed by atoms with van der Waals surface area (Å²) in [6, 6.07) is 15.8. The number of hydrogen-bond donors (Lipinski definition) is 1. The number of benzene rings is 2. The number of amides is 3. The number of hydrogen-bond acceptors (Lipinski definition) is 3. The molecular weight excluding hydrogens is 388 g/mol. The number of piperazine rings is 1. The minimum Gasteiger partial charge on any atom is -0.368 e. The van der Waals surface area contributed by atoms with E-state index in [0.717, 1.165) is 44.7 Å². The molecule has 0 bridgehead atoms. The number of carbonyl (C=O) groups is 2. The normalized spacial score (nSPS) is 19.3. The summed E-state index contributed by atoms with van der Waals surface area (Å²) < 4.78 is 0. The minimum atomic E-state index is -0.122. The van der Waals surface area contributed by atoms with Gasteiger partial charge in [-0.05, 0) is 56.0 Å². The van der Waals surface area contributed by atoms with Gasteiger partial charge in [0.05, 0.1) is 5.92 Å². The Labute approximate surface area is 184 Å². The second-order valence-electron chi connectivity index (χ2n) is 8.61. The molecule has 1 N–H and O–H groups in total. The van der Waals surface area contributed by atoms with Crippen LogP contribution < -0.4 is 10.2 Å². The molecule has 31 heavy (non-hydrogen) atoms. The number of nitrogens with one attached hydrogen (secondary N) is 1. The maximum absolute atomic E-state index is 13.2. The van der Waals surface area contributed by atoms with E-state index >= 15 is 0 Å². The number of para-hydroxylation sites is 1. The molecule has 2 aliphatic heterocycles. The Morgan fingerprint density at radius 2 is 1.61 bits per heavy atom. The Balaban J connectivity index is 1.32. The van der Waals surface area contributed by atoms with Gasteiger partial charge in [0, 0.05) is 50.6 Å². The van der Waals surface area contributed by atoms with Crippen LogP contribution in [0.3, 0.4) is 0 Å². The molecule has 3 amide bonds. The van der Waals surface area contributed by atoms with Crippen molar-refractivity contribution >= 4 is 23.3 Å². The Hall–Kier alpha value is -3.02. The van der Waals surface area contributed by atoms with E-state index in [2.05, 4.69) is 42.3 Å². The number of aryl methyl sites for hydroxylation is 1. The number of urea groups is 1. The first-order chi connectivity index (χ1) is 15.0. The van der Waals surface area contributed by atoms with Crippen molar-refractivity contribution in [2.45, 2.75) is 26.7 Å². The van der Waals surface area contributed by atoms with Crippen molar-refractivity contribution in [2.75, 3.05) is 49.5 Å². The van der Waals surface area contributed by atoms with Gasteiger partial charge in [0.1, 0.15) is 0 Å². The van der Waals surface area contributed by atoms with Crippen LogP contribution in [0.25, 0.3) is 0 Å². The molecule has 2 fully saturated rings. The van der Waals surface area contributed by atoms with Crippen LogP contribution in [-0.4, -0.2) is 61.0 Å². The first-order valence-corrected chi connectivity index (χ1v) is 11.2. The van der Waals surface area contributed by atoms with E-state index in [1.807, 2.05) is 35.2 Å². The van der Waals surface area contributed by atoms with Gasteiger partial charge in [-0.25, -0.2) is 4.79 Å². The van der Waals surface area contributed by atoms with E-state index in [4.69, 9.17) is 0 Å². The smallest absolute Gasteiger partial charge is 0.321 e. The molecule has 0 saturated carbocycles. The summed E-state index contributed by atoms with van der Waals surface area (Å²) >= 11 is 0. The third-order valence-electron chi connectivity index (χ3n) is 6.59. The van der Waals surface area contributed by atoms with Gasteiger partial charge in [0.25, 0.3) is 0 Å². The minimum absolute atomic E-state index is 0.109. The van der Waals surface area contributed by atoms with Crippen molar-refractivity contribution in [2.24, 2.45) is 5.92 Å². The number of anilines is 2. The first-order valence-electron chi connectivity index (χ1n) is 11.2. The quantitative estimate of drug-likeness (QED) is 0.820. The van der Waals surface area contributed by atoms with Gasteiger partial charge >= 0.3 is 6.03 Å². The van der Waals surface area contributed by atoms with Crippen LogP contribution in [0.2, 0.25) is 0 Å². The number of likely N-dealkylation sites (tertiary alicyclic amines) is 1. The van der Waals surface area contributed by atoms with Crippen LogP contribution >= 0.6 is 0 Å². The monoisotopic (exact) mass is 420 g/mol. The van der Waals surface area contributed by atoms with E-state index in [1.165, 1.54) is 16.8 Å². The molecule has 6 nitrogen and oxygen atoms in total. The summed E-state index contributed by atoms with van der Waals surface area (Å²) in [5, 5.41) is 2.94. The summed E-state index contributed by atoms with van der Waals surface area (Å²) in [5.41, 5.74) is 4.67. The highest BCUT2D eigenvalue weighted by molar-refractivity contribution is 5.90. The summed E-state index contributed by atoms with van der Waals surface area (Å²) in [5.74, 6) is 0.0837. The third kappa shape index (κ3) is 4.84. The van der Waals surface area contributed by atoms with Crippen molar-refractivity contribution < 1.29 is 9.59 Å². The average Bonchev–Trinajstić information content (AvgIpc) is 2.81. The summed E-state index contributed by atoms with van der Waals surface area (Å²) in [7, 11) is 0. The van der Waals surface area contributed by atoms with E-state index in [0.29, 0.717) is 13.1 Å². The first kappa shape index (κ1) is 21.2. The maximum atomic E-state index is 13.2. The second-order valence-corrected chi connectivity index (χ2v) is 8.61. The van der Waals surface area contributed by atoms with E-state index in [-0.39, 0.29) is 17.9 Å². The summed E-state index contributed by atoms with van der Waals surface area (Å²) in [4.78, 5) is 32.0. The molecule has 2 saturated heterocycles. The highest BCUT2D eigenvalue weighted by Crippen LogP contribution is 2.25. The maximum Gasteiger partial charge on any atom is 0.321 e. The lowest BCUT2D eigenvalue weighted by Gasteiger charge is -2.40. The molecule has 2 heterocycles. The summed E-state index contributed by atoms with van der Waals surface area (Å²) in [6.07, 6.45) is 1.71. The fourth-order valence-electron chi connectivity index (χ4n) is 4.59. The zero-order chi connectivity index (χ0) is 21.8. The topological polar surface area (TPSA) is 55.9 Å². The molecule has 0 radical (unpaired) electrons. The SMILES string of the molecule is Cc1cccc(N2CCN(C(=O)[C@@H]3CCCN(C(=O)Nc4ccccc4)C3)CC2)c1C. The van der Waals surface area contributed by atoms with Crippen molar-refractivity contribution in [3.8, 4) is 0 Å². The lowest BCUT2D eigenvalue weighted by atomic mass is 9.96. The van der Waals surface area contributed by atoms with Gasteiger partial charge in [0.15, 0.2) is 0 Å². The number of rotatable bonds is 3. The van der Waals surface area contributed by atoms with Crippen LogP contribution in [0.4, 0.5) is 16.2 Å². The van der Waals surface area contributed by atoms with E-state index in [9.17, 15) is 9.59 Å². The molecular formula is C25H32N4O2. The standard InChI is InChI=1S/C25H32N4O2/c1-19-8-6-12-23(20(19)2)27-14-16-28(17-15-27)24(30)21-9-7-13-29(18-21)25(31)26-22-10-4-3-5-11-22/h3-6,8,10-12,21H,7,9,13-18H2,1-2H3,(H,26,31)/t21-/m1/s1. The van der Waals surface area contributed by atoms with Crippen molar-refractivity contribution in [1.82, 2.24) is 9.80 Å². The molecule has 6 heteroatoms. The van der Waals surface area contributed by atoms with Crippen LogP contribution in [0.15, 0.2) is 48.5 Å². The predicted octanol–water partition coefficient (Wildman–Crippen LogP) is 3.90. The van der Waals surface area contributed by atoms with Gasteiger partial charge in [-0.3, -0.25) is 4.79 Å². The highest BCUT2D eigenvalue weighted by Gasteiger charge is 2.32. The van der Waals surface area contributed by atoms with Gasteiger partial charge < -0.3 is 20.0 Å². The molecule has 0 aliphatic carbocycles. The lowest BCUT2D eigenvalue weighted by molar-refractivity contribution is -0.137. The Kier molecular flexibility index (Phi) is 6.44. The Morgan fingerprint density at radius 3 is 2.35 bits per heavy atom. The Morgan fingerprint density at radius 1 is 0.871 bits per heavy atom. The molecule has 2 aliphatic rings. The molecule has 0 unspecified atom stereocenters. The second kappa shape index (κ2) is 9.41. The molecule has 0 aromatic heterocycles. The number of carbonyl (C=O) groups excluding carboxylic acids is 2. The lowest BCUT2D eigenvalue weighted by Crippen LogP contribution is -2.53. The average molecular weight is 421 g/mol. The van der Waals surface area contributed by atoms with Crippen LogP contribution in [0.5, 0.6) is 0 Å². The van der Waals surface area contributed by atoms with Crippen molar-refractivity contribution in [1.29, 1.82) is 0 Å². The van der Waals surface area contributed by atoms with Gasteiger partial charge in [0.2, 0.25) is 5.91 Å². The molecule has 2 aromatic rings. The van der Waals surface area contributed by atoms with Gasteiger partial charge in [-0.15, -0.1) is 0 Å². The summed E-state index contributed by atoms with van der Waals surface area (Å²) in [6.45, 7) is 8.66. The molecule has 1 atom stereocenters. The number of piperidine rings is 1. The largest absolute Gasteiger partial charge is 0.368 e.